The first-order chi connectivity index (χ1) is 13.0. The first-order valence-electron chi connectivity index (χ1n) is 8.58. The van der Waals surface area contributed by atoms with E-state index in [2.05, 4.69) is 21.2 Å². The summed E-state index contributed by atoms with van der Waals surface area (Å²) in [6.07, 6.45) is 1.36. The molecule has 7 nitrogen and oxygen atoms in total. The summed E-state index contributed by atoms with van der Waals surface area (Å²) < 4.78 is 16.3. The number of furan rings is 1. The van der Waals surface area contributed by atoms with Gasteiger partial charge in [-0.1, -0.05) is 0 Å². The van der Waals surface area contributed by atoms with E-state index >= 15 is 0 Å². The third-order valence-corrected chi connectivity index (χ3v) is 4.94. The molecule has 0 radical (unpaired) electrons. The Morgan fingerprint density at radius 3 is 2.26 bits per heavy atom. The molecule has 0 aliphatic carbocycles. The van der Waals surface area contributed by atoms with Gasteiger partial charge in [-0.2, -0.15) is 0 Å². The molecule has 0 bridgehead atoms. The van der Waals surface area contributed by atoms with Gasteiger partial charge >= 0.3 is 0 Å². The second kappa shape index (κ2) is 8.47. The van der Waals surface area contributed by atoms with E-state index in [9.17, 15) is 9.59 Å². The van der Waals surface area contributed by atoms with Crippen molar-refractivity contribution in [3.8, 4) is 11.5 Å². The van der Waals surface area contributed by atoms with Gasteiger partial charge in [0.05, 0.1) is 14.2 Å². The van der Waals surface area contributed by atoms with E-state index in [1.807, 2.05) is 0 Å². The SMILES string of the molecule is COc1cc(OC)cc(C(=O)NC2CCN(C(=O)c3ccc(Br)o3)CC2)c1. The van der Waals surface area contributed by atoms with E-state index in [0.717, 1.165) is 0 Å². The van der Waals surface area contributed by atoms with Crippen molar-refractivity contribution in [1.82, 2.24) is 10.2 Å². The van der Waals surface area contributed by atoms with E-state index in [4.69, 9.17) is 13.9 Å². The lowest BCUT2D eigenvalue weighted by Crippen LogP contribution is -2.46. The molecule has 0 saturated carbocycles. The van der Waals surface area contributed by atoms with Crippen LogP contribution in [0.2, 0.25) is 0 Å². The number of hydrogen-bond acceptors (Lipinski definition) is 5. The molecule has 2 heterocycles. The monoisotopic (exact) mass is 436 g/mol. The van der Waals surface area contributed by atoms with Crippen LogP contribution < -0.4 is 14.8 Å². The molecule has 1 saturated heterocycles. The zero-order chi connectivity index (χ0) is 19.4. The van der Waals surface area contributed by atoms with Crippen LogP contribution in [0.4, 0.5) is 0 Å². The highest BCUT2D eigenvalue weighted by molar-refractivity contribution is 9.10. The highest BCUT2D eigenvalue weighted by Gasteiger charge is 2.26. The Labute approximate surface area is 165 Å². The number of piperidine rings is 1. The minimum Gasteiger partial charge on any atom is -0.497 e. The van der Waals surface area contributed by atoms with Crippen LogP contribution in [0.25, 0.3) is 0 Å². The molecule has 0 atom stereocenters. The second-order valence-corrected chi connectivity index (χ2v) is 7.03. The maximum atomic E-state index is 12.6. The fourth-order valence-corrected chi connectivity index (χ4v) is 3.33. The van der Waals surface area contributed by atoms with Crippen molar-refractivity contribution < 1.29 is 23.5 Å². The van der Waals surface area contributed by atoms with Gasteiger partial charge < -0.3 is 24.1 Å². The average Bonchev–Trinajstić information content (AvgIpc) is 3.13. The van der Waals surface area contributed by atoms with Crippen molar-refractivity contribution in [3.63, 3.8) is 0 Å². The molecule has 27 heavy (non-hydrogen) atoms. The predicted octanol–water partition coefficient (Wildman–Crippen LogP) is 3.09. The topological polar surface area (TPSA) is 81.0 Å². The minimum atomic E-state index is -0.188. The van der Waals surface area contributed by atoms with Gasteiger partial charge in [-0.15, -0.1) is 0 Å². The fourth-order valence-electron chi connectivity index (χ4n) is 3.02. The van der Waals surface area contributed by atoms with E-state index in [1.54, 1.807) is 49.5 Å². The third kappa shape index (κ3) is 4.63. The fraction of sp³-hybridized carbons (Fsp3) is 0.368. The molecule has 1 N–H and O–H groups in total. The van der Waals surface area contributed by atoms with E-state index in [-0.39, 0.29) is 17.9 Å². The number of halogens is 1. The quantitative estimate of drug-likeness (QED) is 0.778. The molecule has 8 heteroatoms. The van der Waals surface area contributed by atoms with Crippen molar-refractivity contribution >= 4 is 27.7 Å². The zero-order valence-corrected chi connectivity index (χ0v) is 16.7. The van der Waals surface area contributed by atoms with Gasteiger partial charge in [0.2, 0.25) is 0 Å². The number of carbonyl (C=O) groups excluding carboxylic acids is 2. The lowest BCUT2D eigenvalue weighted by molar-refractivity contribution is 0.0666. The molecule has 1 aromatic carbocycles. The minimum absolute atomic E-state index is 0.00193. The molecule has 3 rings (SSSR count). The van der Waals surface area contributed by atoms with E-state index in [0.29, 0.717) is 53.4 Å². The highest BCUT2D eigenvalue weighted by Crippen LogP contribution is 2.23. The second-order valence-electron chi connectivity index (χ2n) is 6.25. The largest absolute Gasteiger partial charge is 0.497 e. The van der Waals surface area contributed by atoms with Gasteiger partial charge in [0.15, 0.2) is 10.4 Å². The van der Waals surface area contributed by atoms with Gasteiger partial charge in [0, 0.05) is 30.8 Å². The van der Waals surface area contributed by atoms with Crippen LogP contribution in [0.5, 0.6) is 11.5 Å². The number of ether oxygens (including phenoxy) is 2. The van der Waals surface area contributed by atoms with Gasteiger partial charge in [0.1, 0.15) is 11.5 Å². The number of likely N-dealkylation sites (tertiary alicyclic amines) is 1. The Morgan fingerprint density at radius 2 is 1.74 bits per heavy atom. The molecule has 1 aliphatic heterocycles. The van der Waals surface area contributed by atoms with Crippen LogP contribution in [0.1, 0.15) is 33.8 Å². The van der Waals surface area contributed by atoms with Crippen LogP contribution in [-0.2, 0) is 0 Å². The van der Waals surface area contributed by atoms with E-state index in [1.165, 1.54) is 0 Å². The first-order valence-corrected chi connectivity index (χ1v) is 9.38. The molecule has 2 amide bonds. The van der Waals surface area contributed by atoms with Crippen LogP contribution in [0, 0.1) is 0 Å². The van der Waals surface area contributed by atoms with E-state index < -0.39 is 0 Å². The molecule has 2 aromatic rings. The molecule has 0 unspecified atom stereocenters. The van der Waals surface area contributed by atoms with Gasteiger partial charge in [-0.3, -0.25) is 9.59 Å². The van der Waals surface area contributed by atoms with Crippen LogP contribution in [0.3, 0.4) is 0 Å². The summed E-state index contributed by atoms with van der Waals surface area (Å²) >= 11 is 3.20. The Bertz CT molecular complexity index is 805. The molecule has 144 valence electrons. The Balaban J connectivity index is 1.57. The Hall–Kier alpha value is -2.48. The molecule has 1 aliphatic rings. The Morgan fingerprint density at radius 1 is 1.11 bits per heavy atom. The number of hydrogen-bond donors (Lipinski definition) is 1. The summed E-state index contributed by atoms with van der Waals surface area (Å²) in [6, 6.07) is 8.41. The van der Waals surface area contributed by atoms with Gasteiger partial charge in [-0.05, 0) is 53.0 Å². The average molecular weight is 437 g/mol. The van der Waals surface area contributed by atoms with Gasteiger partial charge in [0.25, 0.3) is 11.8 Å². The predicted molar refractivity (Wildman–Crippen MR) is 102 cm³/mol. The number of nitrogens with zero attached hydrogens (tertiary/aromatic N) is 1. The molecule has 1 aromatic heterocycles. The van der Waals surface area contributed by atoms with Crippen LogP contribution >= 0.6 is 15.9 Å². The van der Waals surface area contributed by atoms with Crippen molar-refractivity contribution in [1.29, 1.82) is 0 Å². The molecule has 1 fully saturated rings. The van der Waals surface area contributed by atoms with Crippen LogP contribution in [-0.4, -0.2) is 50.1 Å². The summed E-state index contributed by atoms with van der Waals surface area (Å²) in [4.78, 5) is 26.7. The summed E-state index contributed by atoms with van der Waals surface area (Å²) in [6.45, 7) is 1.12. The van der Waals surface area contributed by atoms with Gasteiger partial charge in [-0.25, -0.2) is 0 Å². The third-order valence-electron chi connectivity index (χ3n) is 4.52. The normalized spacial score (nSPS) is 14.7. The zero-order valence-electron chi connectivity index (χ0n) is 15.2. The lowest BCUT2D eigenvalue weighted by atomic mass is 10.0. The molecular weight excluding hydrogens is 416 g/mol. The van der Waals surface area contributed by atoms with Crippen molar-refractivity contribution in [2.24, 2.45) is 0 Å². The lowest BCUT2D eigenvalue weighted by Gasteiger charge is -2.31. The van der Waals surface area contributed by atoms with Crippen molar-refractivity contribution in [3.05, 3.63) is 46.3 Å². The van der Waals surface area contributed by atoms with Crippen LogP contribution in [0.15, 0.2) is 39.4 Å². The smallest absolute Gasteiger partial charge is 0.289 e. The number of rotatable bonds is 5. The summed E-state index contributed by atoms with van der Waals surface area (Å²) in [5.41, 5.74) is 0.477. The first kappa shape index (κ1) is 19.3. The number of amides is 2. The number of methoxy groups -OCH3 is 2. The summed E-state index contributed by atoms with van der Waals surface area (Å²) in [5.74, 6) is 1.11. The highest BCUT2D eigenvalue weighted by atomic mass is 79.9. The van der Waals surface area contributed by atoms with Crippen molar-refractivity contribution in [2.75, 3.05) is 27.3 Å². The number of benzene rings is 1. The number of nitrogens with one attached hydrogen (secondary N) is 1. The maximum absolute atomic E-state index is 12.6. The summed E-state index contributed by atoms with van der Waals surface area (Å²) in [5, 5.41) is 3.02. The van der Waals surface area contributed by atoms with Crippen molar-refractivity contribution in [2.45, 2.75) is 18.9 Å². The Kier molecular flexibility index (Phi) is 6.05. The standard InChI is InChI=1S/C19H21BrN2O5/c1-25-14-9-12(10-15(11-14)26-2)18(23)21-13-5-7-22(8-6-13)19(24)16-3-4-17(20)27-16/h3-4,9-11,13H,5-8H2,1-2H3,(H,21,23). The molecular formula is C19H21BrN2O5. The summed E-state index contributed by atoms with van der Waals surface area (Å²) in [7, 11) is 3.08. The maximum Gasteiger partial charge on any atom is 0.289 e. The number of carbonyl (C=O) groups is 2. The molecule has 0 spiro atoms.